The van der Waals surface area contributed by atoms with Crippen LogP contribution in [-0.4, -0.2) is 21.0 Å². The third-order valence-corrected chi connectivity index (χ3v) is 3.51. The molecule has 0 spiro atoms. The van der Waals surface area contributed by atoms with Gasteiger partial charge in [-0.15, -0.1) is 11.8 Å². The number of thioether (sulfide) groups is 1. The average molecular weight is 314 g/mol. The lowest BCUT2D eigenvalue weighted by Crippen LogP contribution is -2.05. The predicted octanol–water partition coefficient (Wildman–Crippen LogP) is 3.49. The fraction of sp³-hybridized carbons (Fsp3) is 0.154. The molecule has 1 N–H and O–H groups in total. The molecular weight excluding hydrogens is 305 g/mol. The molecule has 0 fully saturated rings. The summed E-state index contributed by atoms with van der Waals surface area (Å²) in [5, 5.41) is 9.24. The van der Waals surface area contributed by atoms with Gasteiger partial charge in [0.1, 0.15) is 5.69 Å². The van der Waals surface area contributed by atoms with Crippen LogP contribution in [0, 0.1) is 0 Å². The molecule has 0 aliphatic carbocycles. The Morgan fingerprint density at radius 1 is 1.24 bits per heavy atom. The summed E-state index contributed by atoms with van der Waals surface area (Å²) in [5.74, 6) is -0.740. The van der Waals surface area contributed by atoms with Gasteiger partial charge in [-0.2, -0.15) is 13.2 Å². The van der Waals surface area contributed by atoms with E-state index in [0.29, 0.717) is 16.3 Å². The summed E-state index contributed by atoms with van der Waals surface area (Å²) in [6.45, 7) is 0. The van der Waals surface area contributed by atoms with Gasteiger partial charge < -0.3 is 5.11 Å². The molecular formula is C13H9F3N2O2S. The second-order valence-electron chi connectivity index (χ2n) is 4.03. The highest BCUT2D eigenvalue weighted by Crippen LogP contribution is 2.30. The fourth-order valence-electron chi connectivity index (χ4n) is 1.47. The standard InChI is InChI=1S/C13H9F3N2O2S/c14-13(15,16)9-1-2-11(18-6-9)21-7-8-3-4-17-10(5-8)12(19)20/h1-6H,7H2,(H,19,20). The maximum atomic E-state index is 12.4. The van der Waals surface area contributed by atoms with Gasteiger partial charge in [0, 0.05) is 18.1 Å². The first-order valence-electron chi connectivity index (χ1n) is 5.70. The number of halogens is 3. The minimum atomic E-state index is -4.41. The molecule has 0 aromatic carbocycles. The van der Waals surface area contributed by atoms with Crippen molar-refractivity contribution in [2.24, 2.45) is 0 Å². The first-order valence-corrected chi connectivity index (χ1v) is 6.69. The third kappa shape index (κ3) is 4.19. The van der Waals surface area contributed by atoms with Crippen LogP contribution in [0.25, 0.3) is 0 Å². The van der Waals surface area contributed by atoms with Crippen LogP contribution in [0.1, 0.15) is 21.6 Å². The van der Waals surface area contributed by atoms with Gasteiger partial charge in [0.05, 0.1) is 10.6 Å². The number of hydrogen-bond donors (Lipinski definition) is 1. The minimum Gasteiger partial charge on any atom is -0.477 e. The second-order valence-corrected chi connectivity index (χ2v) is 5.02. The fourth-order valence-corrected chi connectivity index (χ4v) is 2.26. The molecule has 2 aromatic rings. The van der Waals surface area contributed by atoms with Crippen molar-refractivity contribution in [3.8, 4) is 0 Å². The highest BCUT2D eigenvalue weighted by molar-refractivity contribution is 7.98. The Hall–Kier alpha value is -2.09. The van der Waals surface area contributed by atoms with Gasteiger partial charge in [0.2, 0.25) is 0 Å². The molecule has 0 saturated heterocycles. The molecule has 0 amide bonds. The molecule has 0 saturated carbocycles. The Labute approximate surface area is 122 Å². The van der Waals surface area contributed by atoms with Crippen molar-refractivity contribution in [1.29, 1.82) is 0 Å². The molecule has 0 atom stereocenters. The molecule has 0 bridgehead atoms. The highest BCUT2D eigenvalue weighted by Gasteiger charge is 2.30. The molecule has 2 aromatic heterocycles. The van der Waals surface area contributed by atoms with Crippen LogP contribution in [0.3, 0.4) is 0 Å². The lowest BCUT2D eigenvalue weighted by atomic mass is 10.2. The van der Waals surface area contributed by atoms with E-state index in [1.54, 1.807) is 6.07 Å². The summed E-state index contributed by atoms with van der Waals surface area (Å²) >= 11 is 1.21. The summed E-state index contributed by atoms with van der Waals surface area (Å²) in [6.07, 6.45) is -2.26. The smallest absolute Gasteiger partial charge is 0.417 e. The van der Waals surface area contributed by atoms with Crippen molar-refractivity contribution in [1.82, 2.24) is 9.97 Å². The molecule has 4 nitrogen and oxygen atoms in total. The number of carbonyl (C=O) groups is 1. The van der Waals surface area contributed by atoms with Crippen molar-refractivity contribution in [3.63, 3.8) is 0 Å². The lowest BCUT2D eigenvalue weighted by molar-refractivity contribution is -0.137. The Balaban J connectivity index is 2.03. The van der Waals surface area contributed by atoms with E-state index in [2.05, 4.69) is 9.97 Å². The number of hydrogen-bond acceptors (Lipinski definition) is 4. The van der Waals surface area contributed by atoms with Crippen molar-refractivity contribution in [2.75, 3.05) is 0 Å². The number of aromatic carboxylic acids is 1. The number of alkyl halides is 3. The number of rotatable bonds is 4. The van der Waals surface area contributed by atoms with E-state index in [9.17, 15) is 18.0 Å². The first kappa shape index (κ1) is 15.3. The Kier molecular flexibility index (Phi) is 4.46. The van der Waals surface area contributed by atoms with E-state index < -0.39 is 17.7 Å². The minimum absolute atomic E-state index is 0.0755. The van der Waals surface area contributed by atoms with Crippen LogP contribution in [-0.2, 0) is 11.9 Å². The van der Waals surface area contributed by atoms with E-state index in [1.807, 2.05) is 0 Å². The molecule has 0 unspecified atom stereocenters. The average Bonchev–Trinajstić information content (AvgIpc) is 2.45. The largest absolute Gasteiger partial charge is 0.477 e. The van der Waals surface area contributed by atoms with Crippen molar-refractivity contribution < 1.29 is 23.1 Å². The summed E-state index contributed by atoms with van der Waals surface area (Å²) in [6, 6.07) is 5.31. The SMILES string of the molecule is O=C(O)c1cc(CSc2ccc(C(F)(F)F)cn2)ccn1. The lowest BCUT2D eigenvalue weighted by Gasteiger charge is -2.06. The first-order chi connectivity index (χ1) is 9.86. The van der Waals surface area contributed by atoms with Gasteiger partial charge in [-0.25, -0.2) is 14.8 Å². The number of carboxylic acids is 1. The zero-order valence-corrected chi connectivity index (χ0v) is 11.3. The van der Waals surface area contributed by atoms with Gasteiger partial charge in [0.15, 0.2) is 0 Å². The maximum absolute atomic E-state index is 12.4. The van der Waals surface area contributed by atoms with E-state index >= 15 is 0 Å². The summed E-state index contributed by atoms with van der Waals surface area (Å²) in [5.41, 5.74) is -0.175. The van der Waals surface area contributed by atoms with Crippen LogP contribution in [0.2, 0.25) is 0 Å². The van der Waals surface area contributed by atoms with E-state index in [-0.39, 0.29) is 5.69 Å². The normalized spacial score (nSPS) is 11.4. The number of pyridine rings is 2. The summed E-state index contributed by atoms with van der Waals surface area (Å²) in [4.78, 5) is 18.2. The van der Waals surface area contributed by atoms with Crippen LogP contribution >= 0.6 is 11.8 Å². The highest BCUT2D eigenvalue weighted by atomic mass is 32.2. The maximum Gasteiger partial charge on any atom is 0.417 e. The van der Waals surface area contributed by atoms with E-state index in [1.165, 1.54) is 30.1 Å². The number of aromatic nitrogens is 2. The predicted molar refractivity (Wildman–Crippen MR) is 70.0 cm³/mol. The van der Waals surface area contributed by atoms with Crippen molar-refractivity contribution >= 4 is 17.7 Å². The zero-order chi connectivity index (χ0) is 15.5. The van der Waals surface area contributed by atoms with Crippen LogP contribution < -0.4 is 0 Å². The number of nitrogens with zero attached hydrogens (tertiary/aromatic N) is 2. The van der Waals surface area contributed by atoms with E-state index in [4.69, 9.17) is 5.11 Å². The van der Waals surface area contributed by atoms with Gasteiger partial charge in [0.25, 0.3) is 0 Å². The summed E-state index contributed by atoms with van der Waals surface area (Å²) < 4.78 is 37.1. The Morgan fingerprint density at radius 2 is 2.00 bits per heavy atom. The molecule has 0 radical (unpaired) electrons. The second kappa shape index (κ2) is 6.13. The molecule has 2 heterocycles. The van der Waals surface area contributed by atoms with Gasteiger partial charge in [-0.05, 0) is 29.8 Å². The third-order valence-electron chi connectivity index (χ3n) is 2.49. The molecule has 21 heavy (non-hydrogen) atoms. The molecule has 0 aliphatic heterocycles. The van der Waals surface area contributed by atoms with Gasteiger partial charge in [-0.1, -0.05) is 0 Å². The zero-order valence-electron chi connectivity index (χ0n) is 10.5. The quantitative estimate of drug-likeness (QED) is 0.875. The number of carboxylic acid groups (broad SMARTS) is 1. The Bertz CT molecular complexity index is 645. The van der Waals surface area contributed by atoms with Crippen LogP contribution in [0.15, 0.2) is 41.7 Å². The van der Waals surface area contributed by atoms with Crippen molar-refractivity contribution in [2.45, 2.75) is 17.0 Å². The molecule has 2 rings (SSSR count). The molecule has 110 valence electrons. The van der Waals surface area contributed by atoms with Crippen LogP contribution in [0.5, 0.6) is 0 Å². The molecule has 8 heteroatoms. The van der Waals surface area contributed by atoms with Crippen LogP contribution in [0.4, 0.5) is 13.2 Å². The monoisotopic (exact) mass is 314 g/mol. The van der Waals surface area contributed by atoms with Crippen molar-refractivity contribution in [3.05, 3.63) is 53.5 Å². The van der Waals surface area contributed by atoms with Gasteiger partial charge >= 0.3 is 12.1 Å². The topological polar surface area (TPSA) is 63.1 Å². The Morgan fingerprint density at radius 3 is 2.57 bits per heavy atom. The van der Waals surface area contributed by atoms with Gasteiger partial charge in [-0.3, -0.25) is 0 Å². The summed E-state index contributed by atoms with van der Waals surface area (Å²) in [7, 11) is 0. The molecule has 0 aliphatic rings. The van der Waals surface area contributed by atoms with E-state index in [0.717, 1.165) is 12.3 Å².